The van der Waals surface area contributed by atoms with E-state index in [0.29, 0.717) is 31.1 Å². The lowest BCUT2D eigenvalue weighted by Gasteiger charge is -2.36. The van der Waals surface area contributed by atoms with Gasteiger partial charge in [-0.15, -0.1) is 0 Å². The van der Waals surface area contributed by atoms with Crippen LogP contribution < -0.4 is 4.74 Å². The SMILES string of the molecule is COc1cccc(C(=O)N2CCOC[C@@H]2c2c(C)nn(C)c2C)c1. The third-order valence-corrected chi connectivity index (χ3v) is 4.60. The van der Waals surface area contributed by atoms with Crippen molar-refractivity contribution < 1.29 is 14.3 Å². The Hall–Kier alpha value is -2.34. The Morgan fingerprint density at radius 2 is 2.17 bits per heavy atom. The molecule has 1 fully saturated rings. The summed E-state index contributed by atoms with van der Waals surface area (Å²) in [4.78, 5) is 15.0. The van der Waals surface area contributed by atoms with Gasteiger partial charge in [0.2, 0.25) is 0 Å². The molecule has 24 heavy (non-hydrogen) atoms. The fourth-order valence-corrected chi connectivity index (χ4v) is 3.28. The van der Waals surface area contributed by atoms with E-state index in [0.717, 1.165) is 17.0 Å². The number of hydrogen-bond donors (Lipinski definition) is 0. The van der Waals surface area contributed by atoms with Crippen molar-refractivity contribution in [2.75, 3.05) is 26.9 Å². The maximum Gasteiger partial charge on any atom is 0.254 e. The second-order valence-corrected chi connectivity index (χ2v) is 6.03. The van der Waals surface area contributed by atoms with Crippen LogP contribution in [0.5, 0.6) is 5.75 Å². The number of aryl methyl sites for hydroxylation is 2. The normalized spacial score (nSPS) is 17.8. The van der Waals surface area contributed by atoms with Gasteiger partial charge in [-0.2, -0.15) is 5.10 Å². The molecule has 1 amide bonds. The van der Waals surface area contributed by atoms with Crippen LogP contribution in [0.4, 0.5) is 0 Å². The van der Waals surface area contributed by atoms with Crippen molar-refractivity contribution >= 4 is 5.91 Å². The number of ether oxygens (including phenoxy) is 2. The van der Waals surface area contributed by atoms with Crippen molar-refractivity contribution in [3.8, 4) is 5.75 Å². The van der Waals surface area contributed by atoms with Gasteiger partial charge in [-0.05, 0) is 32.0 Å². The highest BCUT2D eigenvalue weighted by atomic mass is 16.5. The van der Waals surface area contributed by atoms with Crippen LogP contribution in [0.25, 0.3) is 0 Å². The van der Waals surface area contributed by atoms with Crippen LogP contribution in [-0.4, -0.2) is 47.5 Å². The molecule has 1 saturated heterocycles. The standard InChI is InChI=1S/C18H23N3O3/c1-12-17(13(2)20(3)19-12)16-11-24-9-8-21(16)18(22)14-6-5-7-15(10-14)23-4/h5-7,10,16H,8-9,11H2,1-4H3/t16-/m1/s1. The van der Waals surface area contributed by atoms with E-state index < -0.39 is 0 Å². The van der Waals surface area contributed by atoms with Crippen molar-refractivity contribution in [2.24, 2.45) is 7.05 Å². The molecule has 0 N–H and O–H groups in total. The minimum absolute atomic E-state index is 0.00940. The van der Waals surface area contributed by atoms with Crippen molar-refractivity contribution in [2.45, 2.75) is 19.9 Å². The molecule has 1 aliphatic rings. The van der Waals surface area contributed by atoms with Gasteiger partial charge in [0.15, 0.2) is 0 Å². The fraction of sp³-hybridized carbons (Fsp3) is 0.444. The molecule has 2 aromatic rings. The van der Waals surface area contributed by atoms with Crippen LogP contribution in [-0.2, 0) is 11.8 Å². The minimum Gasteiger partial charge on any atom is -0.497 e. The zero-order chi connectivity index (χ0) is 17.3. The monoisotopic (exact) mass is 329 g/mol. The number of morpholine rings is 1. The van der Waals surface area contributed by atoms with E-state index in [2.05, 4.69) is 5.10 Å². The molecule has 6 nitrogen and oxygen atoms in total. The Labute approximate surface area is 142 Å². The Balaban J connectivity index is 1.96. The van der Waals surface area contributed by atoms with Crippen LogP contribution >= 0.6 is 0 Å². The molecular weight excluding hydrogens is 306 g/mol. The number of nitrogens with zero attached hydrogens (tertiary/aromatic N) is 3. The van der Waals surface area contributed by atoms with Crippen LogP contribution in [0.15, 0.2) is 24.3 Å². The van der Waals surface area contributed by atoms with Crippen LogP contribution in [0.1, 0.15) is 33.4 Å². The first-order valence-corrected chi connectivity index (χ1v) is 8.05. The summed E-state index contributed by atoms with van der Waals surface area (Å²) in [6.45, 7) is 5.60. The summed E-state index contributed by atoms with van der Waals surface area (Å²) in [5.41, 5.74) is 3.70. The predicted octanol–water partition coefficient (Wildman–Crippen LogP) is 2.26. The van der Waals surface area contributed by atoms with Crippen LogP contribution in [0, 0.1) is 13.8 Å². The lowest BCUT2D eigenvalue weighted by Crippen LogP contribution is -2.43. The highest BCUT2D eigenvalue weighted by Crippen LogP contribution is 2.30. The number of aromatic nitrogens is 2. The van der Waals surface area contributed by atoms with E-state index >= 15 is 0 Å². The quantitative estimate of drug-likeness (QED) is 0.867. The predicted molar refractivity (Wildman–Crippen MR) is 90.3 cm³/mol. The molecule has 1 aliphatic heterocycles. The van der Waals surface area contributed by atoms with E-state index in [-0.39, 0.29) is 11.9 Å². The first-order chi connectivity index (χ1) is 11.5. The summed E-state index contributed by atoms with van der Waals surface area (Å²) < 4.78 is 12.8. The molecule has 3 rings (SSSR count). The van der Waals surface area contributed by atoms with Gasteiger partial charge in [-0.1, -0.05) is 6.07 Å². The van der Waals surface area contributed by atoms with Gasteiger partial charge in [0, 0.05) is 30.4 Å². The average Bonchev–Trinajstić information content (AvgIpc) is 2.86. The number of carbonyl (C=O) groups excluding carboxylic acids is 1. The third-order valence-electron chi connectivity index (χ3n) is 4.60. The molecule has 0 saturated carbocycles. The summed E-state index contributed by atoms with van der Waals surface area (Å²) in [5.74, 6) is 0.671. The molecular formula is C18H23N3O3. The van der Waals surface area contributed by atoms with Crippen LogP contribution in [0.3, 0.4) is 0 Å². The Morgan fingerprint density at radius 3 is 2.83 bits per heavy atom. The molecule has 0 spiro atoms. The van der Waals surface area contributed by atoms with Gasteiger partial charge in [0.05, 0.1) is 32.1 Å². The molecule has 1 atom stereocenters. The zero-order valence-electron chi connectivity index (χ0n) is 14.6. The zero-order valence-corrected chi connectivity index (χ0v) is 14.6. The highest BCUT2D eigenvalue weighted by Gasteiger charge is 2.33. The van der Waals surface area contributed by atoms with Gasteiger partial charge in [-0.3, -0.25) is 9.48 Å². The Bertz CT molecular complexity index is 754. The highest BCUT2D eigenvalue weighted by molar-refractivity contribution is 5.95. The lowest BCUT2D eigenvalue weighted by molar-refractivity contribution is -0.00306. The molecule has 0 unspecified atom stereocenters. The average molecular weight is 329 g/mol. The maximum absolute atomic E-state index is 13.1. The van der Waals surface area contributed by atoms with E-state index in [1.165, 1.54) is 0 Å². The first-order valence-electron chi connectivity index (χ1n) is 8.05. The molecule has 128 valence electrons. The topological polar surface area (TPSA) is 56.6 Å². The van der Waals surface area contributed by atoms with Gasteiger partial charge in [0.25, 0.3) is 5.91 Å². The first kappa shape index (κ1) is 16.5. The molecule has 2 heterocycles. The molecule has 0 radical (unpaired) electrons. The number of hydrogen-bond acceptors (Lipinski definition) is 4. The van der Waals surface area contributed by atoms with E-state index in [4.69, 9.17) is 9.47 Å². The maximum atomic E-state index is 13.1. The number of methoxy groups -OCH3 is 1. The molecule has 1 aromatic heterocycles. The number of amides is 1. The number of carbonyl (C=O) groups is 1. The van der Waals surface area contributed by atoms with Crippen molar-refractivity contribution in [1.82, 2.24) is 14.7 Å². The number of benzene rings is 1. The summed E-state index contributed by atoms with van der Waals surface area (Å²) in [7, 11) is 3.52. The largest absolute Gasteiger partial charge is 0.497 e. The van der Waals surface area contributed by atoms with E-state index in [1.54, 1.807) is 13.2 Å². The summed E-state index contributed by atoms with van der Waals surface area (Å²) in [6, 6.07) is 7.15. The van der Waals surface area contributed by atoms with E-state index in [9.17, 15) is 4.79 Å². The second kappa shape index (κ2) is 6.65. The van der Waals surface area contributed by atoms with Crippen molar-refractivity contribution in [1.29, 1.82) is 0 Å². The third kappa shape index (κ3) is 2.89. The molecule has 6 heteroatoms. The lowest BCUT2D eigenvalue weighted by atomic mass is 10.0. The minimum atomic E-state index is -0.119. The van der Waals surface area contributed by atoms with Crippen molar-refractivity contribution in [3.05, 3.63) is 46.8 Å². The van der Waals surface area contributed by atoms with Gasteiger partial charge >= 0.3 is 0 Å². The van der Waals surface area contributed by atoms with Crippen LogP contribution in [0.2, 0.25) is 0 Å². The molecule has 0 bridgehead atoms. The molecule has 0 aliphatic carbocycles. The van der Waals surface area contributed by atoms with Gasteiger partial charge in [0.1, 0.15) is 5.75 Å². The summed E-state index contributed by atoms with van der Waals surface area (Å²) >= 11 is 0. The Kier molecular flexibility index (Phi) is 4.57. The van der Waals surface area contributed by atoms with Crippen molar-refractivity contribution in [3.63, 3.8) is 0 Å². The number of rotatable bonds is 3. The van der Waals surface area contributed by atoms with E-state index in [1.807, 2.05) is 48.7 Å². The summed E-state index contributed by atoms with van der Waals surface area (Å²) in [5, 5.41) is 4.48. The smallest absolute Gasteiger partial charge is 0.254 e. The second-order valence-electron chi connectivity index (χ2n) is 6.03. The Morgan fingerprint density at radius 1 is 1.38 bits per heavy atom. The van der Waals surface area contributed by atoms with Gasteiger partial charge < -0.3 is 14.4 Å². The molecule has 1 aromatic carbocycles. The summed E-state index contributed by atoms with van der Waals surface area (Å²) in [6.07, 6.45) is 0. The fourth-order valence-electron chi connectivity index (χ4n) is 3.28. The van der Waals surface area contributed by atoms with Gasteiger partial charge in [-0.25, -0.2) is 0 Å².